The summed E-state index contributed by atoms with van der Waals surface area (Å²) in [5.74, 6) is 2.51. The molecule has 136 valence electrons. The van der Waals surface area contributed by atoms with E-state index in [0.717, 1.165) is 0 Å². The Balaban J connectivity index is 1.16. The van der Waals surface area contributed by atoms with Crippen LogP contribution in [0.1, 0.15) is 24.0 Å². The lowest BCUT2D eigenvalue weighted by molar-refractivity contribution is 0.916. The second-order valence-corrected chi connectivity index (χ2v) is 8.41. The molecule has 4 aromatic carbocycles. The van der Waals surface area contributed by atoms with Gasteiger partial charge in [-0.3, -0.25) is 0 Å². The fourth-order valence-electron chi connectivity index (χ4n) is 3.65. The molecule has 0 bridgehead atoms. The molecule has 0 saturated heterocycles. The van der Waals surface area contributed by atoms with Gasteiger partial charge in [0.25, 0.3) is 0 Å². The third kappa shape index (κ3) is 4.93. The first-order chi connectivity index (χ1) is 13.4. The number of hydrogen-bond donors (Lipinski definition) is 0. The van der Waals surface area contributed by atoms with Crippen LogP contribution in [0.15, 0.2) is 84.9 Å². The first kappa shape index (κ1) is 18.1. The smallest absolute Gasteiger partial charge is 0.00644 e. The highest BCUT2D eigenvalue weighted by atomic mass is 32.2. The molecule has 4 rings (SSSR count). The Morgan fingerprint density at radius 1 is 0.481 bits per heavy atom. The van der Waals surface area contributed by atoms with Gasteiger partial charge in [-0.05, 0) is 69.9 Å². The minimum absolute atomic E-state index is 1.18. The fraction of sp³-hybridized carbons (Fsp3) is 0.231. The summed E-state index contributed by atoms with van der Waals surface area (Å²) < 4.78 is 0. The van der Waals surface area contributed by atoms with Crippen LogP contribution < -0.4 is 0 Å². The molecule has 0 N–H and O–H groups in total. The summed E-state index contributed by atoms with van der Waals surface area (Å²) in [4.78, 5) is 0. The highest BCUT2D eigenvalue weighted by Crippen LogP contribution is 2.19. The van der Waals surface area contributed by atoms with Crippen molar-refractivity contribution in [2.75, 3.05) is 11.5 Å². The van der Waals surface area contributed by atoms with Crippen molar-refractivity contribution < 1.29 is 0 Å². The van der Waals surface area contributed by atoms with Gasteiger partial charge in [0.05, 0.1) is 0 Å². The van der Waals surface area contributed by atoms with E-state index in [-0.39, 0.29) is 0 Å². The van der Waals surface area contributed by atoms with E-state index in [1.807, 2.05) is 0 Å². The van der Waals surface area contributed by atoms with Gasteiger partial charge < -0.3 is 0 Å². The molecule has 0 saturated carbocycles. The molecule has 4 aromatic rings. The van der Waals surface area contributed by atoms with Crippen molar-refractivity contribution in [3.8, 4) is 0 Å². The van der Waals surface area contributed by atoms with E-state index >= 15 is 0 Å². The highest BCUT2D eigenvalue weighted by molar-refractivity contribution is 7.99. The predicted molar refractivity (Wildman–Crippen MR) is 122 cm³/mol. The molecule has 0 aliphatic carbocycles. The lowest BCUT2D eigenvalue weighted by Gasteiger charge is -2.06. The average molecular weight is 371 g/mol. The van der Waals surface area contributed by atoms with Gasteiger partial charge >= 0.3 is 0 Å². The Kier molecular flexibility index (Phi) is 6.11. The summed E-state index contributed by atoms with van der Waals surface area (Å²) in [6, 6.07) is 31.0. The third-order valence-electron chi connectivity index (χ3n) is 5.14. The fourth-order valence-corrected chi connectivity index (χ4v) is 4.55. The number of hydrogen-bond acceptors (Lipinski definition) is 1. The molecule has 0 atom stereocenters. The summed E-state index contributed by atoms with van der Waals surface area (Å²) in [5.41, 5.74) is 2.93. The van der Waals surface area contributed by atoms with E-state index in [0.29, 0.717) is 0 Å². The standard InChI is InChI=1S/C26H26S/c1-3-11-25-19-21(13-15-23(25)9-1)7-5-17-27-18-6-8-22-14-16-24-10-2-4-12-26(24)20-22/h1-4,9-16,19-20H,5-8,17-18H2. The van der Waals surface area contributed by atoms with Crippen molar-refractivity contribution >= 4 is 33.3 Å². The zero-order valence-electron chi connectivity index (χ0n) is 15.7. The van der Waals surface area contributed by atoms with Crippen LogP contribution in [0.4, 0.5) is 0 Å². The second-order valence-electron chi connectivity index (χ2n) is 7.18. The summed E-state index contributed by atoms with van der Waals surface area (Å²) in [5, 5.41) is 5.39. The topological polar surface area (TPSA) is 0 Å². The number of benzene rings is 4. The van der Waals surface area contributed by atoms with Gasteiger partial charge in [0.1, 0.15) is 0 Å². The first-order valence-corrected chi connectivity index (χ1v) is 11.1. The van der Waals surface area contributed by atoms with Crippen LogP contribution in [-0.4, -0.2) is 11.5 Å². The van der Waals surface area contributed by atoms with E-state index < -0.39 is 0 Å². The van der Waals surface area contributed by atoms with Gasteiger partial charge in [-0.2, -0.15) is 11.8 Å². The Morgan fingerprint density at radius 2 is 0.926 bits per heavy atom. The van der Waals surface area contributed by atoms with Crippen LogP contribution in [0.5, 0.6) is 0 Å². The minimum Gasteiger partial charge on any atom is -0.162 e. The van der Waals surface area contributed by atoms with Crippen molar-refractivity contribution in [3.63, 3.8) is 0 Å². The molecule has 0 radical (unpaired) electrons. The van der Waals surface area contributed by atoms with Gasteiger partial charge in [-0.25, -0.2) is 0 Å². The van der Waals surface area contributed by atoms with Crippen LogP contribution in [0.3, 0.4) is 0 Å². The summed E-state index contributed by atoms with van der Waals surface area (Å²) in [6.45, 7) is 0. The minimum atomic E-state index is 1.18. The monoisotopic (exact) mass is 370 g/mol. The van der Waals surface area contributed by atoms with Crippen molar-refractivity contribution in [3.05, 3.63) is 96.1 Å². The van der Waals surface area contributed by atoms with Crippen molar-refractivity contribution in [1.82, 2.24) is 0 Å². The Bertz CT molecular complexity index is 935. The van der Waals surface area contributed by atoms with Gasteiger partial charge in [0, 0.05) is 0 Å². The number of fused-ring (bicyclic) bond motifs is 2. The summed E-state index contributed by atoms with van der Waals surface area (Å²) >= 11 is 2.10. The van der Waals surface area contributed by atoms with E-state index in [2.05, 4.69) is 96.7 Å². The van der Waals surface area contributed by atoms with Crippen molar-refractivity contribution in [1.29, 1.82) is 0 Å². The van der Waals surface area contributed by atoms with Gasteiger partial charge in [-0.15, -0.1) is 0 Å². The zero-order valence-corrected chi connectivity index (χ0v) is 16.6. The molecule has 0 spiro atoms. The molecule has 0 amide bonds. The maximum Gasteiger partial charge on any atom is -0.00644 e. The van der Waals surface area contributed by atoms with Crippen LogP contribution in [0.2, 0.25) is 0 Å². The zero-order chi connectivity index (χ0) is 18.3. The molecule has 0 nitrogen and oxygen atoms in total. The first-order valence-electron chi connectivity index (χ1n) is 9.92. The largest absolute Gasteiger partial charge is 0.162 e. The predicted octanol–water partition coefficient (Wildman–Crippen LogP) is 7.29. The van der Waals surface area contributed by atoms with E-state index in [1.165, 1.54) is 69.9 Å². The maximum absolute atomic E-state index is 2.35. The van der Waals surface area contributed by atoms with Crippen LogP contribution >= 0.6 is 11.8 Å². The van der Waals surface area contributed by atoms with Crippen LogP contribution in [0.25, 0.3) is 21.5 Å². The molecule has 0 heterocycles. The van der Waals surface area contributed by atoms with Crippen LogP contribution in [0, 0.1) is 0 Å². The van der Waals surface area contributed by atoms with Gasteiger partial charge in [0.2, 0.25) is 0 Å². The molecule has 0 fully saturated rings. The molecule has 0 unspecified atom stereocenters. The van der Waals surface area contributed by atoms with Crippen molar-refractivity contribution in [2.24, 2.45) is 0 Å². The van der Waals surface area contributed by atoms with Crippen molar-refractivity contribution in [2.45, 2.75) is 25.7 Å². The lowest BCUT2D eigenvalue weighted by Crippen LogP contribution is -1.92. The highest BCUT2D eigenvalue weighted by Gasteiger charge is 1.99. The molecule has 1 heteroatoms. The van der Waals surface area contributed by atoms with E-state index in [4.69, 9.17) is 0 Å². The van der Waals surface area contributed by atoms with Crippen LogP contribution in [-0.2, 0) is 12.8 Å². The normalized spacial score (nSPS) is 11.3. The lowest BCUT2D eigenvalue weighted by atomic mass is 10.0. The molecule has 0 aliphatic heterocycles. The second kappa shape index (κ2) is 9.10. The Labute approximate surface area is 166 Å². The molecule has 0 aliphatic rings. The Hall–Kier alpha value is -2.25. The Morgan fingerprint density at radius 3 is 1.41 bits per heavy atom. The third-order valence-corrected chi connectivity index (χ3v) is 6.29. The summed E-state index contributed by atoms with van der Waals surface area (Å²) in [6.07, 6.45) is 4.89. The maximum atomic E-state index is 2.35. The number of aryl methyl sites for hydroxylation is 2. The molecular weight excluding hydrogens is 344 g/mol. The number of rotatable bonds is 8. The average Bonchev–Trinajstić information content (AvgIpc) is 2.73. The number of thioether (sulfide) groups is 1. The van der Waals surface area contributed by atoms with E-state index in [1.54, 1.807) is 0 Å². The SMILES string of the molecule is c1ccc2cc(CCCSCCCc3ccc4ccccc4c3)ccc2c1. The quantitative estimate of drug-likeness (QED) is 0.293. The van der Waals surface area contributed by atoms with E-state index in [9.17, 15) is 0 Å². The molecule has 0 aromatic heterocycles. The van der Waals surface area contributed by atoms with Gasteiger partial charge in [0.15, 0.2) is 0 Å². The molecule has 27 heavy (non-hydrogen) atoms. The molecular formula is C26H26S. The summed E-state index contributed by atoms with van der Waals surface area (Å²) in [7, 11) is 0. The van der Waals surface area contributed by atoms with Gasteiger partial charge in [-0.1, -0.05) is 84.9 Å².